The van der Waals surface area contributed by atoms with Gasteiger partial charge in [0.05, 0.1) is 0 Å². The number of carbonyl (C=O) groups is 1. The van der Waals surface area contributed by atoms with Gasteiger partial charge in [-0.3, -0.25) is 10.9 Å². The first-order valence-electron chi connectivity index (χ1n) is 14.1. The van der Waals surface area contributed by atoms with Crippen molar-refractivity contribution in [1.29, 1.82) is 0 Å². The molecular weight excluding hydrogens is 529 g/mol. The molecule has 5 nitrogen and oxygen atoms in total. The average molecular weight is 565 g/mol. The van der Waals surface area contributed by atoms with Crippen LogP contribution in [0.2, 0.25) is 10.0 Å². The zero-order chi connectivity index (χ0) is 26.8. The number of ether oxygens (including phenoxy) is 1. The fourth-order valence-electron chi connectivity index (χ4n) is 7.07. The van der Waals surface area contributed by atoms with E-state index in [0.717, 1.165) is 48.8 Å². The van der Waals surface area contributed by atoms with E-state index < -0.39 is 0 Å². The highest BCUT2D eigenvalue weighted by Crippen LogP contribution is 2.46. The summed E-state index contributed by atoms with van der Waals surface area (Å²) in [4.78, 5) is 14.6. The van der Waals surface area contributed by atoms with Crippen LogP contribution in [0.25, 0.3) is 0 Å². The minimum atomic E-state index is -0.249. The molecule has 0 radical (unpaired) electrons. The van der Waals surface area contributed by atoms with Crippen molar-refractivity contribution < 1.29 is 9.53 Å². The van der Waals surface area contributed by atoms with Crippen LogP contribution >= 0.6 is 23.2 Å². The Kier molecular flexibility index (Phi) is 8.12. The summed E-state index contributed by atoms with van der Waals surface area (Å²) in [5.74, 6) is 2.50. The van der Waals surface area contributed by atoms with Crippen molar-refractivity contribution in [2.24, 2.45) is 17.8 Å². The molecule has 1 saturated carbocycles. The number of likely N-dealkylation sites (tertiary alicyclic amines) is 1. The van der Waals surface area contributed by atoms with Crippen molar-refractivity contribution in [3.05, 3.63) is 100 Å². The topological polar surface area (TPSA) is 53.6 Å². The van der Waals surface area contributed by atoms with Crippen molar-refractivity contribution in [3.8, 4) is 5.75 Å². The maximum atomic E-state index is 12.7. The van der Waals surface area contributed by atoms with Crippen molar-refractivity contribution in [3.63, 3.8) is 0 Å². The van der Waals surface area contributed by atoms with Crippen LogP contribution in [0.5, 0.6) is 5.75 Å². The second-order valence-corrected chi connectivity index (χ2v) is 12.1. The summed E-state index contributed by atoms with van der Waals surface area (Å²) in [5, 5.41) is 1.53. The number of halogens is 2. The second kappa shape index (κ2) is 11.9. The fraction of sp³-hybridized carbons (Fsp3) is 0.406. The molecule has 39 heavy (non-hydrogen) atoms. The molecule has 6 rings (SSSR count). The van der Waals surface area contributed by atoms with Crippen LogP contribution in [-0.4, -0.2) is 36.2 Å². The third-order valence-corrected chi connectivity index (χ3v) is 9.52. The van der Waals surface area contributed by atoms with Gasteiger partial charge in [0.25, 0.3) is 0 Å². The van der Waals surface area contributed by atoms with Crippen molar-refractivity contribution in [2.75, 3.05) is 13.1 Å². The zero-order valence-electron chi connectivity index (χ0n) is 21.9. The van der Waals surface area contributed by atoms with Gasteiger partial charge in [0.2, 0.25) is 0 Å². The standard InChI is InChI=1S/C32H35Cl2N3O2/c33-25-11-6-21(7-12-25)30(22-8-13-26(34)14-9-22)24-10-15-29-28(20-24)31(36-35-29)23-16-18-37(19-17-23)32(38)39-27-4-2-1-3-5-27/h1-9,11-14,23-24,28-31,35-36H,10,15-20H2. The molecule has 2 heterocycles. The van der Waals surface area contributed by atoms with Gasteiger partial charge >= 0.3 is 6.09 Å². The minimum Gasteiger partial charge on any atom is -0.410 e. The number of carbonyl (C=O) groups excluding carboxylic acids is 1. The molecule has 204 valence electrons. The van der Waals surface area contributed by atoms with Gasteiger partial charge in [-0.05, 0) is 97.4 Å². The summed E-state index contributed by atoms with van der Waals surface area (Å²) in [6.07, 6.45) is 5.19. The predicted octanol–water partition coefficient (Wildman–Crippen LogP) is 7.30. The van der Waals surface area contributed by atoms with Gasteiger partial charge < -0.3 is 9.64 Å². The number of hydrogen-bond donors (Lipinski definition) is 2. The fourth-order valence-corrected chi connectivity index (χ4v) is 7.32. The summed E-state index contributed by atoms with van der Waals surface area (Å²) in [7, 11) is 0. The van der Waals surface area contributed by atoms with Gasteiger partial charge in [0.15, 0.2) is 0 Å². The van der Waals surface area contributed by atoms with Crippen LogP contribution in [0.4, 0.5) is 4.79 Å². The summed E-state index contributed by atoms with van der Waals surface area (Å²) >= 11 is 12.5. The first kappa shape index (κ1) is 26.6. The highest BCUT2D eigenvalue weighted by molar-refractivity contribution is 6.30. The second-order valence-electron chi connectivity index (χ2n) is 11.2. The highest BCUT2D eigenvalue weighted by Gasteiger charge is 2.46. The Morgan fingerprint density at radius 2 is 1.41 bits per heavy atom. The number of nitrogens with one attached hydrogen (secondary N) is 2. The molecule has 2 saturated heterocycles. The lowest BCUT2D eigenvalue weighted by molar-refractivity contribution is 0.112. The molecule has 3 fully saturated rings. The molecule has 2 N–H and O–H groups in total. The summed E-state index contributed by atoms with van der Waals surface area (Å²) < 4.78 is 5.58. The number of benzene rings is 3. The third kappa shape index (κ3) is 5.97. The molecule has 3 aromatic carbocycles. The lowest BCUT2D eigenvalue weighted by atomic mass is 9.66. The zero-order valence-corrected chi connectivity index (χ0v) is 23.5. The number of fused-ring (bicyclic) bond motifs is 1. The van der Waals surface area contributed by atoms with Gasteiger partial charge in [0.1, 0.15) is 5.75 Å². The minimum absolute atomic E-state index is 0.249. The first-order chi connectivity index (χ1) is 19.0. The molecule has 7 heteroatoms. The molecule has 0 spiro atoms. The summed E-state index contributed by atoms with van der Waals surface area (Å²) in [5.41, 5.74) is 9.94. The number of para-hydroxylation sites is 1. The lowest BCUT2D eigenvalue weighted by Gasteiger charge is -2.41. The molecule has 4 atom stereocenters. The Labute approximate surface area is 240 Å². The van der Waals surface area contributed by atoms with Gasteiger partial charge in [-0.1, -0.05) is 65.7 Å². The van der Waals surface area contributed by atoms with Crippen molar-refractivity contribution >= 4 is 29.3 Å². The third-order valence-electron chi connectivity index (χ3n) is 9.02. The van der Waals surface area contributed by atoms with Crippen LogP contribution in [0.1, 0.15) is 49.1 Å². The number of hydrazine groups is 1. The van der Waals surface area contributed by atoms with E-state index in [9.17, 15) is 4.79 Å². The Hall–Kier alpha value is -2.57. The molecule has 4 unspecified atom stereocenters. The lowest BCUT2D eigenvalue weighted by Crippen LogP contribution is -2.47. The smallest absolute Gasteiger partial charge is 0.410 e. The van der Waals surface area contributed by atoms with Gasteiger partial charge in [-0.2, -0.15) is 0 Å². The quantitative estimate of drug-likeness (QED) is 0.342. The molecule has 0 bridgehead atoms. The predicted molar refractivity (Wildman–Crippen MR) is 156 cm³/mol. The molecule has 3 aliphatic rings. The van der Waals surface area contributed by atoms with E-state index in [2.05, 4.69) is 35.1 Å². The SMILES string of the molecule is O=C(Oc1ccccc1)N1CCC(C2NNC3CCC(C(c4ccc(Cl)cc4)c4ccc(Cl)cc4)CC32)CC1. The number of hydrogen-bond acceptors (Lipinski definition) is 4. The summed E-state index contributed by atoms with van der Waals surface area (Å²) in [6.45, 7) is 1.46. The van der Waals surface area contributed by atoms with Crippen LogP contribution in [0.15, 0.2) is 78.9 Å². The van der Waals surface area contributed by atoms with E-state index >= 15 is 0 Å². The molecule has 3 aromatic rings. The Morgan fingerprint density at radius 1 is 0.795 bits per heavy atom. The van der Waals surface area contributed by atoms with Gasteiger partial charge in [0, 0.05) is 41.1 Å². The molecule has 1 amide bonds. The average Bonchev–Trinajstić information content (AvgIpc) is 3.39. The van der Waals surface area contributed by atoms with Crippen molar-refractivity contribution in [2.45, 2.75) is 50.1 Å². The van der Waals surface area contributed by atoms with Crippen molar-refractivity contribution in [1.82, 2.24) is 15.8 Å². The van der Waals surface area contributed by atoms with Gasteiger partial charge in [-0.25, -0.2) is 4.79 Å². The van der Waals surface area contributed by atoms with Crippen LogP contribution < -0.4 is 15.6 Å². The molecule has 0 aromatic heterocycles. The number of piperidine rings is 1. The van der Waals surface area contributed by atoms with E-state index in [4.69, 9.17) is 27.9 Å². The number of rotatable bonds is 5. The van der Waals surface area contributed by atoms with E-state index in [1.54, 1.807) is 0 Å². The highest BCUT2D eigenvalue weighted by atomic mass is 35.5. The normalized spacial score (nSPS) is 25.5. The maximum absolute atomic E-state index is 12.7. The van der Waals surface area contributed by atoms with Gasteiger partial charge in [-0.15, -0.1) is 0 Å². The number of nitrogens with zero attached hydrogens (tertiary/aromatic N) is 1. The summed E-state index contributed by atoms with van der Waals surface area (Å²) in [6, 6.07) is 26.9. The molecular formula is C32H35Cl2N3O2. The molecule has 1 aliphatic carbocycles. The molecule has 2 aliphatic heterocycles. The first-order valence-corrected chi connectivity index (χ1v) is 14.8. The van der Waals surface area contributed by atoms with E-state index in [1.807, 2.05) is 59.5 Å². The van der Waals surface area contributed by atoms with Crippen LogP contribution in [0, 0.1) is 17.8 Å². The van der Waals surface area contributed by atoms with Crippen LogP contribution in [0.3, 0.4) is 0 Å². The van der Waals surface area contributed by atoms with E-state index in [1.165, 1.54) is 17.5 Å². The Balaban J connectivity index is 1.14. The largest absolute Gasteiger partial charge is 0.415 e. The van der Waals surface area contributed by atoms with E-state index in [0.29, 0.717) is 41.5 Å². The van der Waals surface area contributed by atoms with Crippen LogP contribution in [-0.2, 0) is 0 Å². The Bertz CT molecular complexity index is 1200. The van der Waals surface area contributed by atoms with E-state index in [-0.39, 0.29) is 6.09 Å². The maximum Gasteiger partial charge on any atom is 0.415 e. The Morgan fingerprint density at radius 3 is 2.03 bits per heavy atom. The monoisotopic (exact) mass is 563 g/mol. The number of amides is 1.